The average Bonchev–Trinajstić information content (AvgIpc) is 3.36. The number of guanidine groups is 1. The zero-order chi connectivity index (χ0) is 23.0. The zero-order valence-electron chi connectivity index (χ0n) is 19.8. The molecule has 0 radical (unpaired) electrons. The highest BCUT2D eigenvalue weighted by Gasteiger charge is 2.20. The molecule has 3 aromatic rings. The average molecular weight is 577 g/mol. The van der Waals surface area contributed by atoms with E-state index in [0.29, 0.717) is 12.4 Å². The van der Waals surface area contributed by atoms with Gasteiger partial charge in [0.05, 0.1) is 14.2 Å². The van der Waals surface area contributed by atoms with Crippen molar-refractivity contribution in [3.8, 4) is 22.9 Å². The molecule has 0 bridgehead atoms. The highest BCUT2D eigenvalue weighted by atomic mass is 127. The summed E-state index contributed by atoms with van der Waals surface area (Å²) in [5, 5.41) is 10.8. The number of anilines is 1. The number of rotatable bonds is 7. The van der Waals surface area contributed by atoms with Crippen LogP contribution in [-0.4, -0.2) is 73.0 Å². The van der Waals surface area contributed by atoms with Gasteiger partial charge < -0.3 is 24.6 Å². The third kappa shape index (κ3) is 6.31. The largest absolute Gasteiger partial charge is 0.497 e. The predicted molar refractivity (Wildman–Crippen MR) is 145 cm³/mol. The lowest BCUT2D eigenvalue weighted by Gasteiger charge is -2.37. The van der Waals surface area contributed by atoms with Gasteiger partial charge in [0, 0.05) is 50.0 Å². The fourth-order valence-corrected chi connectivity index (χ4v) is 3.79. The van der Waals surface area contributed by atoms with Gasteiger partial charge in [-0.15, -0.1) is 24.0 Å². The number of methoxy groups -OCH3 is 2. The molecule has 0 unspecified atom stereocenters. The van der Waals surface area contributed by atoms with E-state index in [0.717, 1.165) is 61.6 Å². The molecule has 34 heavy (non-hydrogen) atoms. The Bertz CT molecular complexity index is 1060. The van der Waals surface area contributed by atoms with Crippen molar-refractivity contribution in [2.75, 3.05) is 51.8 Å². The van der Waals surface area contributed by atoms with Crippen LogP contribution in [0.25, 0.3) is 11.4 Å². The van der Waals surface area contributed by atoms with Crippen LogP contribution in [-0.2, 0) is 6.54 Å². The van der Waals surface area contributed by atoms with E-state index < -0.39 is 0 Å². The van der Waals surface area contributed by atoms with Crippen LogP contribution in [0.5, 0.6) is 11.5 Å². The van der Waals surface area contributed by atoms with Crippen molar-refractivity contribution < 1.29 is 9.47 Å². The molecule has 10 heteroatoms. The van der Waals surface area contributed by atoms with Gasteiger partial charge in [0.15, 0.2) is 11.8 Å². The topological polar surface area (TPSA) is 90.9 Å². The summed E-state index contributed by atoms with van der Waals surface area (Å²) in [4.78, 5) is 14.1. The molecular formula is C24H32IN7O2. The number of nitrogens with one attached hydrogen (secondary N) is 2. The summed E-state index contributed by atoms with van der Waals surface area (Å²) in [6.07, 6.45) is 0. The zero-order valence-corrected chi connectivity index (χ0v) is 22.2. The molecular weight excluding hydrogens is 545 g/mol. The molecule has 0 aliphatic carbocycles. The van der Waals surface area contributed by atoms with Crippen LogP contribution in [0.4, 0.5) is 5.69 Å². The number of aliphatic imine (C=N–C) groups is 1. The van der Waals surface area contributed by atoms with E-state index in [4.69, 9.17) is 14.5 Å². The Morgan fingerprint density at radius 1 is 1.03 bits per heavy atom. The van der Waals surface area contributed by atoms with Crippen LogP contribution in [0.1, 0.15) is 12.7 Å². The third-order valence-corrected chi connectivity index (χ3v) is 5.59. The summed E-state index contributed by atoms with van der Waals surface area (Å²) in [5.74, 6) is 3.96. The Morgan fingerprint density at radius 3 is 2.44 bits per heavy atom. The monoisotopic (exact) mass is 577 g/mol. The van der Waals surface area contributed by atoms with Gasteiger partial charge in [0.1, 0.15) is 23.9 Å². The van der Waals surface area contributed by atoms with Crippen molar-refractivity contribution in [2.45, 2.75) is 13.5 Å². The Morgan fingerprint density at radius 2 is 1.76 bits per heavy atom. The number of H-pyrrole nitrogens is 1. The van der Waals surface area contributed by atoms with Gasteiger partial charge in [0.25, 0.3) is 0 Å². The number of piperazine rings is 1. The number of ether oxygens (including phenoxy) is 2. The van der Waals surface area contributed by atoms with Gasteiger partial charge in [-0.2, -0.15) is 5.10 Å². The second kappa shape index (κ2) is 12.4. The van der Waals surface area contributed by atoms with Crippen LogP contribution in [0, 0.1) is 0 Å². The number of nitrogens with zero attached hydrogens (tertiary/aromatic N) is 5. The Labute approximate surface area is 217 Å². The molecule has 2 heterocycles. The van der Waals surface area contributed by atoms with E-state index in [9.17, 15) is 0 Å². The molecule has 2 aromatic carbocycles. The van der Waals surface area contributed by atoms with Crippen molar-refractivity contribution in [1.29, 1.82) is 0 Å². The first kappa shape index (κ1) is 25.6. The lowest BCUT2D eigenvalue weighted by atomic mass is 10.2. The van der Waals surface area contributed by atoms with E-state index in [-0.39, 0.29) is 24.0 Å². The Kier molecular flexibility index (Phi) is 9.37. The summed E-state index contributed by atoms with van der Waals surface area (Å²) in [5.41, 5.74) is 2.12. The number of hydrogen-bond acceptors (Lipinski definition) is 6. The minimum absolute atomic E-state index is 0. The van der Waals surface area contributed by atoms with Gasteiger partial charge in [-0.05, 0) is 43.3 Å². The highest BCUT2D eigenvalue weighted by Crippen LogP contribution is 2.22. The van der Waals surface area contributed by atoms with E-state index in [1.54, 1.807) is 14.2 Å². The van der Waals surface area contributed by atoms with Crippen molar-refractivity contribution >= 4 is 35.6 Å². The van der Waals surface area contributed by atoms with E-state index >= 15 is 0 Å². The maximum atomic E-state index is 5.37. The van der Waals surface area contributed by atoms with Crippen molar-refractivity contribution in [3.63, 3.8) is 0 Å². The minimum Gasteiger partial charge on any atom is -0.497 e. The second-order valence-electron chi connectivity index (χ2n) is 7.68. The lowest BCUT2D eigenvalue weighted by Crippen LogP contribution is -2.52. The number of aromatic nitrogens is 3. The predicted octanol–water partition coefficient (Wildman–Crippen LogP) is 3.39. The summed E-state index contributed by atoms with van der Waals surface area (Å²) in [6, 6.07) is 15.9. The molecule has 1 saturated heterocycles. The first-order chi connectivity index (χ1) is 16.2. The maximum absolute atomic E-state index is 5.37. The summed E-state index contributed by atoms with van der Waals surface area (Å²) in [6.45, 7) is 6.93. The summed E-state index contributed by atoms with van der Waals surface area (Å²) in [7, 11) is 3.35. The van der Waals surface area contributed by atoms with Crippen molar-refractivity contribution in [3.05, 3.63) is 54.4 Å². The Balaban J connectivity index is 0.00000324. The SMILES string of the molecule is CCNC(=NCc1nc(-c2ccc(OC)cc2)n[nH]1)N1CCN(c2cccc(OC)c2)CC1.I. The van der Waals surface area contributed by atoms with Gasteiger partial charge >= 0.3 is 0 Å². The second-order valence-corrected chi connectivity index (χ2v) is 7.68. The van der Waals surface area contributed by atoms with Gasteiger partial charge in [-0.1, -0.05) is 6.07 Å². The molecule has 2 N–H and O–H groups in total. The Hall–Kier alpha value is -3.02. The number of halogens is 1. The molecule has 0 amide bonds. The quantitative estimate of drug-likeness (QED) is 0.253. The summed E-state index contributed by atoms with van der Waals surface area (Å²) < 4.78 is 10.6. The van der Waals surface area contributed by atoms with Gasteiger partial charge in [-0.25, -0.2) is 9.98 Å². The van der Waals surface area contributed by atoms with E-state index in [1.165, 1.54) is 5.69 Å². The number of benzene rings is 2. The number of aromatic amines is 1. The van der Waals surface area contributed by atoms with Crippen molar-refractivity contribution in [1.82, 2.24) is 25.4 Å². The number of hydrogen-bond donors (Lipinski definition) is 2. The molecule has 9 nitrogen and oxygen atoms in total. The highest BCUT2D eigenvalue weighted by molar-refractivity contribution is 14.0. The van der Waals surface area contributed by atoms with Crippen LogP contribution in [0.2, 0.25) is 0 Å². The van der Waals surface area contributed by atoms with E-state index in [1.807, 2.05) is 36.4 Å². The standard InChI is InChI=1S/C24H31N7O2.HI/c1-4-25-24(31-14-12-30(13-15-31)19-6-5-7-21(16-19)33-3)26-17-22-27-23(29-28-22)18-8-10-20(32-2)11-9-18;/h5-11,16H,4,12-15,17H2,1-3H3,(H,25,26)(H,27,28,29);1H. The molecule has 1 fully saturated rings. The smallest absolute Gasteiger partial charge is 0.194 e. The fraction of sp³-hybridized carbons (Fsp3) is 0.375. The normalized spacial score (nSPS) is 13.9. The lowest BCUT2D eigenvalue weighted by molar-refractivity contribution is 0.371. The van der Waals surface area contributed by atoms with Crippen LogP contribution >= 0.6 is 24.0 Å². The molecule has 1 aromatic heterocycles. The van der Waals surface area contributed by atoms with Crippen molar-refractivity contribution in [2.24, 2.45) is 4.99 Å². The molecule has 1 aliphatic rings. The first-order valence-electron chi connectivity index (χ1n) is 11.2. The molecule has 0 spiro atoms. The first-order valence-corrected chi connectivity index (χ1v) is 11.2. The minimum atomic E-state index is 0. The third-order valence-electron chi connectivity index (χ3n) is 5.59. The molecule has 0 saturated carbocycles. The molecule has 1 aliphatic heterocycles. The fourth-order valence-electron chi connectivity index (χ4n) is 3.79. The van der Waals surface area contributed by atoms with Crippen LogP contribution in [0.3, 0.4) is 0 Å². The van der Waals surface area contributed by atoms with Gasteiger partial charge in [-0.3, -0.25) is 5.10 Å². The van der Waals surface area contributed by atoms with E-state index in [2.05, 4.69) is 49.4 Å². The van der Waals surface area contributed by atoms with Crippen LogP contribution in [0.15, 0.2) is 53.5 Å². The maximum Gasteiger partial charge on any atom is 0.194 e. The molecule has 0 atom stereocenters. The molecule has 182 valence electrons. The summed E-state index contributed by atoms with van der Waals surface area (Å²) >= 11 is 0. The van der Waals surface area contributed by atoms with Gasteiger partial charge in [0.2, 0.25) is 0 Å². The van der Waals surface area contributed by atoms with Crippen LogP contribution < -0.4 is 19.7 Å². The molecule has 4 rings (SSSR count).